The summed E-state index contributed by atoms with van der Waals surface area (Å²) in [5, 5.41) is 7.91. The highest BCUT2D eigenvalue weighted by atomic mass is 16.2. The number of fused-ring (bicyclic) bond motifs is 1. The molecule has 148 valence electrons. The van der Waals surface area contributed by atoms with Gasteiger partial charge in [-0.15, -0.1) is 0 Å². The molecule has 9 nitrogen and oxygen atoms in total. The van der Waals surface area contributed by atoms with E-state index in [0.29, 0.717) is 5.69 Å². The molecule has 0 spiro atoms. The van der Waals surface area contributed by atoms with Gasteiger partial charge in [-0.1, -0.05) is 6.07 Å². The van der Waals surface area contributed by atoms with Crippen molar-refractivity contribution in [2.24, 2.45) is 0 Å². The number of benzene rings is 1. The number of hydrogen-bond donors (Lipinski definition) is 3. The summed E-state index contributed by atoms with van der Waals surface area (Å²) in [5.41, 5.74) is 0.634. The minimum Gasteiger partial charge on any atom is -0.373 e. The Labute approximate surface area is 161 Å². The monoisotopic (exact) mass is 386 g/mol. The molecule has 5 amide bonds. The van der Waals surface area contributed by atoms with Crippen LogP contribution in [-0.2, 0) is 14.4 Å². The lowest BCUT2D eigenvalue weighted by Gasteiger charge is -2.27. The van der Waals surface area contributed by atoms with E-state index in [1.165, 1.54) is 6.07 Å². The van der Waals surface area contributed by atoms with E-state index in [4.69, 9.17) is 0 Å². The molecule has 3 rings (SSSR count). The molecule has 9 heteroatoms. The first kappa shape index (κ1) is 19.5. The van der Waals surface area contributed by atoms with Gasteiger partial charge in [0.15, 0.2) is 0 Å². The molecule has 3 N–H and O–H groups in total. The first-order chi connectivity index (χ1) is 13.2. The fourth-order valence-corrected chi connectivity index (χ4v) is 3.34. The molecule has 1 unspecified atom stereocenters. The van der Waals surface area contributed by atoms with E-state index >= 15 is 0 Å². The van der Waals surface area contributed by atoms with Gasteiger partial charge in [-0.3, -0.25) is 34.2 Å². The lowest BCUT2D eigenvalue weighted by atomic mass is 10.0. The van der Waals surface area contributed by atoms with Crippen LogP contribution in [0.4, 0.5) is 5.69 Å². The highest BCUT2D eigenvalue weighted by Crippen LogP contribution is 2.32. The average molecular weight is 386 g/mol. The molecule has 1 aromatic rings. The van der Waals surface area contributed by atoms with Gasteiger partial charge in [0.1, 0.15) is 12.1 Å². The third-order valence-electron chi connectivity index (χ3n) is 4.66. The number of imide groups is 2. The largest absolute Gasteiger partial charge is 0.373 e. The molecule has 2 aliphatic heterocycles. The van der Waals surface area contributed by atoms with Gasteiger partial charge >= 0.3 is 0 Å². The molecule has 1 aromatic carbocycles. The molecule has 1 saturated heterocycles. The number of carbonyl (C=O) groups excluding carboxylic acids is 5. The lowest BCUT2D eigenvalue weighted by Crippen LogP contribution is -2.54. The molecule has 0 aromatic heterocycles. The maximum absolute atomic E-state index is 13.0. The van der Waals surface area contributed by atoms with Gasteiger partial charge in [-0.05, 0) is 39.3 Å². The summed E-state index contributed by atoms with van der Waals surface area (Å²) in [5.74, 6) is -2.53. The average Bonchev–Trinajstić information content (AvgIpc) is 2.87. The third-order valence-corrected chi connectivity index (χ3v) is 4.66. The van der Waals surface area contributed by atoms with E-state index < -0.39 is 35.7 Å². The van der Waals surface area contributed by atoms with Crippen molar-refractivity contribution < 1.29 is 24.0 Å². The van der Waals surface area contributed by atoms with Crippen LogP contribution < -0.4 is 16.0 Å². The number of carbonyl (C=O) groups is 5. The second-order valence-corrected chi connectivity index (χ2v) is 7.20. The van der Waals surface area contributed by atoms with Crippen LogP contribution in [0, 0.1) is 0 Å². The van der Waals surface area contributed by atoms with Crippen molar-refractivity contribution in [1.29, 1.82) is 0 Å². The Morgan fingerprint density at radius 2 is 1.86 bits per heavy atom. The quantitative estimate of drug-likeness (QED) is 0.630. The number of hydrogen-bond acceptors (Lipinski definition) is 6. The number of rotatable bonds is 5. The van der Waals surface area contributed by atoms with Crippen LogP contribution in [0.25, 0.3) is 0 Å². The van der Waals surface area contributed by atoms with Crippen LogP contribution in [0.15, 0.2) is 18.2 Å². The van der Waals surface area contributed by atoms with E-state index in [0.717, 1.165) is 4.90 Å². The zero-order valence-electron chi connectivity index (χ0n) is 15.9. The second kappa shape index (κ2) is 7.41. The summed E-state index contributed by atoms with van der Waals surface area (Å²) in [6.07, 6.45) is 0.146. The summed E-state index contributed by atoms with van der Waals surface area (Å²) < 4.78 is 0. The zero-order valence-corrected chi connectivity index (χ0v) is 15.9. The number of anilines is 1. The van der Waals surface area contributed by atoms with E-state index in [1.807, 2.05) is 13.8 Å². The predicted octanol–water partition coefficient (Wildman–Crippen LogP) is 0.413. The third kappa shape index (κ3) is 3.47. The summed E-state index contributed by atoms with van der Waals surface area (Å²) >= 11 is 0. The molecule has 0 radical (unpaired) electrons. The summed E-state index contributed by atoms with van der Waals surface area (Å²) in [4.78, 5) is 62.3. The Morgan fingerprint density at radius 1 is 1.14 bits per heavy atom. The van der Waals surface area contributed by atoms with E-state index in [2.05, 4.69) is 16.0 Å². The molecular weight excluding hydrogens is 364 g/mol. The van der Waals surface area contributed by atoms with Crippen LogP contribution in [-0.4, -0.2) is 52.6 Å². The van der Waals surface area contributed by atoms with Crippen molar-refractivity contribution in [3.05, 3.63) is 29.3 Å². The smallest absolute Gasteiger partial charge is 0.264 e. The van der Waals surface area contributed by atoms with Crippen LogP contribution in [0.3, 0.4) is 0 Å². The number of nitrogens with zero attached hydrogens (tertiary/aromatic N) is 1. The Kier molecular flexibility index (Phi) is 5.17. The molecule has 2 aliphatic rings. The Balaban J connectivity index is 1.87. The number of amides is 5. The molecule has 2 heterocycles. The number of nitrogens with one attached hydrogen (secondary N) is 3. The highest BCUT2D eigenvalue weighted by Gasteiger charge is 2.45. The Bertz CT molecular complexity index is 879. The summed E-state index contributed by atoms with van der Waals surface area (Å²) in [6, 6.07) is 3.02. The molecule has 28 heavy (non-hydrogen) atoms. The lowest BCUT2D eigenvalue weighted by molar-refractivity contribution is -0.136. The normalized spacial score (nSPS) is 20.1. The second-order valence-electron chi connectivity index (χ2n) is 7.20. The van der Waals surface area contributed by atoms with Crippen molar-refractivity contribution in [2.45, 2.75) is 51.7 Å². The Hall–Kier alpha value is -3.23. The predicted molar refractivity (Wildman–Crippen MR) is 99.5 cm³/mol. The van der Waals surface area contributed by atoms with Gasteiger partial charge in [0.25, 0.3) is 11.8 Å². The minimum absolute atomic E-state index is 0.0375. The van der Waals surface area contributed by atoms with Gasteiger partial charge in [0.2, 0.25) is 17.7 Å². The standard InChI is InChI=1S/C19H22N4O5/c1-9(2)20-16(25)10(3)21-12-6-4-5-11-15(12)19(28)23(18(11)27)13-7-8-14(24)22-17(13)26/h4-6,9-10,13,21H,7-8H2,1-3H3,(H,20,25)(H,22,24,26)/t10-,13?/m0/s1. The van der Waals surface area contributed by atoms with Gasteiger partial charge in [-0.2, -0.15) is 0 Å². The van der Waals surface area contributed by atoms with Gasteiger partial charge < -0.3 is 10.6 Å². The maximum atomic E-state index is 13.0. The first-order valence-electron chi connectivity index (χ1n) is 9.12. The molecule has 0 saturated carbocycles. The molecule has 2 atom stereocenters. The molecule has 0 aliphatic carbocycles. The van der Waals surface area contributed by atoms with Crippen LogP contribution in [0.5, 0.6) is 0 Å². The SMILES string of the molecule is CC(C)NC(=O)[C@H](C)Nc1cccc2c1C(=O)N(C1CCC(=O)NC1=O)C2=O. The maximum Gasteiger partial charge on any atom is 0.264 e. The molecule has 1 fully saturated rings. The zero-order chi connectivity index (χ0) is 20.6. The van der Waals surface area contributed by atoms with Gasteiger partial charge in [0.05, 0.1) is 11.1 Å². The first-order valence-corrected chi connectivity index (χ1v) is 9.12. The van der Waals surface area contributed by atoms with Crippen molar-refractivity contribution in [1.82, 2.24) is 15.5 Å². The Morgan fingerprint density at radius 3 is 2.50 bits per heavy atom. The van der Waals surface area contributed by atoms with Crippen molar-refractivity contribution in [2.75, 3.05) is 5.32 Å². The highest BCUT2D eigenvalue weighted by molar-refractivity contribution is 6.25. The number of piperidine rings is 1. The molecule has 0 bridgehead atoms. The minimum atomic E-state index is -1.03. The summed E-state index contributed by atoms with van der Waals surface area (Å²) in [7, 11) is 0. The topological polar surface area (TPSA) is 125 Å². The van der Waals surface area contributed by atoms with Crippen LogP contribution in [0.2, 0.25) is 0 Å². The van der Waals surface area contributed by atoms with Crippen molar-refractivity contribution in [3.8, 4) is 0 Å². The van der Waals surface area contributed by atoms with Gasteiger partial charge in [0, 0.05) is 18.2 Å². The van der Waals surface area contributed by atoms with Crippen LogP contribution in [0.1, 0.15) is 54.3 Å². The van der Waals surface area contributed by atoms with Gasteiger partial charge in [-0.25, -0.2) is 0 Å². The van der Waals surface area contributed by atoms with E-state index in [1.54, 1.807) is 19.1 Å². The fraction of sp³-hybridized carbons (Fsp3) is 0.421. The van der Waals surface area contributed by atoms with Crippen LogP contribution >= 0.6 is 0 Å². The fourth-order valence-electron chi connectivity index (χ4n) is 3.34. The van der Waals surface area contributed by atoms with Crippen molar-refractivity contribution >= 4 is 35.2 Å². The van der Waals surface area contributed by atoms with E-state index in [9.17, 15) is 24.0 Å². The summed E-state index contributed by atoms with van der Waals surface area (Å²) in [6.45, 7) is 5.33. The van der Waals surface area contributed by atoms with Crippen molar-refractivity contribution in [3.63, 3.8) is 0 Å². The molecular formula is C19H22N4O5. The van der Waals surface area contributed by atoms with E-state index in [-0.39, 0.29) is 35.9 Å².